The van der Waals surface area contributed by atoms with Gasteiger partial charge in [-0.2, -0.15) is 0 Å². The number of benzene rings is 1. The summed E-state index contributed by atoms with van der Waals surface area (Å²) in [6.45, 7) is 0.0177. The molecule has 0 saturated heterocycles. The van der Waals surface area contributed by atoms with Crippen molar-refractivity contribution in [1.29, 1.82) is 0 Å². The van der Waals surface area contributed by atoms with E-state index in [1.807, 2.05) is 22.9 Å². The van der Waals surface area contributed by atoms with Crippen molar-refractivity contribution in [3.05, 3.63) is 69.4 Å². The Kier molecular flexibility index (Phi) is 5.52. The Morgan fingerprint density at radius 1 is 1.17 bits per heavy atom. The predicted octanol–water partition coefficient (Wildman–Crippen LogP) is 2.15. The number of thiophene rings is 2. The van der Waals surface area contributed by atoms with E-state index < -0.39 is 10.0 Å². The summed E-state index contributed by atoms with van der Waals surface area (Å²) < 4.78 is 23.9. The Balaban J connectivity index is 1.49. The highest BCUT2D eigenvalue weighted by Crippen LogP contribution is 2.33. The number of rotatable bonds is 6. The summed E-state index contributed by atoms with van der Waals surface area (Å²) in [5, 5.41) is 12.1. The van der Waals surface area contributed by atoms with Crippen molar-refractivity contribution < 1.29 is 13.2 Å². The van der Waals surface area contributed by atoms with E-state index in [0.29, 0.717) is 15.8 Å². The zero-order valence-electron chi connectivity index (χ0n) is 15.4. The number of nitrogens with one attached hydrogen (secondary N) is 1. The van der Waals surface area contributed by atoms with Gasteiger partial charge < -0.3 is 5.32 Å². The van der Waals surface area contributed by atoms with Gasteiger partial charge >= 0.3 is 0 Å². The third-order valence-corrected chi connectivity index (χ3v) is 7.12. The number of carbonyl (C=O) groups is 1. The highest BCUT2D eigenvalue weighted by Gasteiger charge is 2.15. The van der Waals surface area contributed by atoms with E-state index in [4.69, 9.17) is 5.14 Å². The van der Waals surface area contributed by atoms with Crippen molar-refractivity contribution in [2.24, 2.45) is 5.14 Å². The second-order valence-electron chi connectivity index (χ2n) is 6.45. The monoisotopic (exact) mass is 460 g/mol. The van der Waals surface area contributed by atoms with Gasteiger partial charge in [0.25, 0.3) is 5.56 Å². The van der Waals surface area contributed by atoms with Crippen LogP contribution in [0.1, 0.15) is 5.56 Å². The molecule has 1 aromatic carbocycles. The summed E-state index contributed by atoms with van der Waals surface area (Å²) in [7, 11) is -3.76. The fourth-order valence-corrected chi connectivity index (χ4v) is 5.14. The van der Waals surface area contributed by atoms with E-state index in [1.54, 1.807) is 12.1 Å². The third kappa shape index (κ3) is 4.19. The van der Waals surface area contributed by atoms with Crippen LogP contribution in [0.2, 0.25) is 0 Å². The lowest BCUT2D eigenvalue weighted by Gasteiger charge is -2.08. The number of sulfonamides is 1. The first-order chi connectivity index (χ1) is 14.3. The summed E-state index contributed by atoms with van der Waals surface area (Å²) >= 11 is 2.93. The van der Waals surface area contributed by atoms with E-state index in [1.165, 1.54) is 45.7 Å². The minimum absolute atomic E-state index is 0.000753. The maximum atomic E-state index is 12.9. The third-order valence-electron chi connectivity index (χ3n) is 4.40. The van der Waals surface area contributed by atoms with Gasteiger partial charge in [0.1, 0.15) is 11.4 Å². The molecule has 0 atom stereocenters. The first-order valence-corrected chi connectivity index (χ1v) is 12.0. The number of amides is 1. The number of aromatic nitrogens is 2. The van der Waals surface area contributed by atoms with Crippen molar-refractivity contribution in [3.8, 4) is 10.4 Å². The number of hydrogen-bond acceptors (Lipinski definition) is 7. The van der Waals surface area contributed by atoms with Crippen molar-refractivity contribution >= 4 is 48.8 Å². The molecule has 0 spiro atoms. The second-order valence-corrected chi connectivity index (χ2v) is 9.82. The lowest BCUT2D eigenvalue weighted by atomic mass is 10.2. The van der Waals surface area contributed by atoms with Gasteiger partial charge in [-0.15, -0.1) is 22.7 Å². The molecule has 11 heteroatoms. The molecule has 1 amide bonds. The van der Waals surface area contributed by atoms with Crippen LogP contribution in [-0.4, -0.2) is 23.9 Å². The highest BCUT2D eigenvalue weighted by molar-refractivity contribution is 7.89. The van der Waals surface area contributed by atoms with Crippen LogP contribution < -0.4 is 16.0 Å². The van der Waals surface area contributed by atoms with Crippen LogP contribution in [0.3, 0.4) is 0 Å². The molecule has 0 fully saturated rings. The molecule has 0 bridgehead atoms. The van der Waals surface area contributed by atoms with Gasteiger partial charge in [0.15, 0.2) is 0 Å². The normalized spacial score (nSPS) is 11.6. The molecular weight excluding hydrogens is 444 g/mol. The Hall–Kier alpha value is -2.86. The van der Waals surface area contributed by atoms with Gasteiger partial charge in [0, 0.05) is 22.4 Å². The summed E-state index contributed by atoms with van der Waals surface area (Å²) in [5.41, 5.74) is 1.26. The molecule has 0 aliphatic carbocycles. The molecule has 0 saturated carbocycles. The predicted molar refractivity (Wildman–Crippen MR) is 117 cm³/mol. The number of primary sulfonamides is 1. The highest BCUT2D eigenvalue weighted by atomic mass is 32.2. The van der Waals surface area contributed by atoms with E-state index >= 15 is 0 Å². The van der Waals surface area contributed by atoms with Crippen molar-refractivity contribution in [2.45, 2.75) is 18.0 Å². The van der Waals surface area contributed by atoms with Crippen LogP contribution in [0.4, 0.5) is 0 Å². The SMILES string of the molecule is NS(=O)(=O)c1ccc(CNC(=O)Cn2cnc3scc(-c4cccs4)c3c2=O)cc1. The standard InChI is InChI=1S/C19H16N4O4S3/c20-30(26,27)13-5-3-12(4-6-13)8-21-16(24)9-23-11-22-18-17(19(23)25)14(10-29-18)15-2-1-7-28-15/h1-7,10-11H,8-9H2,(H,21,24)(H2,20,26,27). The van der Waals surface area contributed by atoms with Crippen LogP contribution >= 0.6 is 22.7 Å². The maximum Gasteiger partial charge on any atom is 0.263 e. The molecule has 0 unspecified atom stereocenters. The molecule has 4 rings (SSSR count). The molecule has 3 aromatic heterocycles. The van der Waals surface area contributed by atoms with Crippen molar-refractivity contribution in [2.75, 3.05) is 0 Å². The topological polar surface area (TPSA) is 124 Å². The van der Waals surface area contributed by atoms with E-state index in [0.717, 1.165) is 10.4 Å². The maximum absolute atomic E-state index is 12.9. The minimum atomic E-state index is -3.76. The van der Waals surface area contributed by atoms with Crippen molar-refractivity contribution in [1.82, 2.24) is 14.9 Å². The Bertz CT molecular complexity index is 1370. The number of carbonyl (C=O) groups excluding carboxylic acids is 1. The number of fused-ring (bicyclic) bond motifs is 1. The fraction of sp³-hybridized carbons (Fsp3) is 0.105. The van der Waals surface area contributed by atoms with Gasteiger partial charge in [-0.05, 0) is 29.1 Å². The molecule has 4 aromatic rings. The number of hydrogen-bond donors (Lipinski definition) is 2. The Morgan fingerprint density at radius 3 is 2.60 bits per heavy atom. The zero-order valence-corrected chi connectivity index (χ0v) is 17.9. The van der Waals surface area contributed by atoms with Crippen LogP contribution in [0.25, 0.3) is 20.7 Å². The Labute approximate surface area is 179 Å². The lowest BCUT2D eigenvalue weighted by molar-refractivity contribution is -0.121. The van der Waals surface area contributed by atoms with Gasteiger partial charge in [-0.3, -0.25) is 14.2 Å². The first kappa shape index (κ1) is 20.4. The molecule has 0 radical (unpaired) electrons. The summed E-state index contributed by atoms with van der Waals surface area (Å²) in [5.74, 6) is -0.360. The van der Waals surface area contributed by atoms with Gasteiger partial charge in [-0.25, -0.2) is 18.5 Å². The van der Waals surface area contributed by atoms with Gasteiger partial charge in [-0.1, -0.05) is 18.2 Å². The van der Waals surface area contributed by atoms with E-state index in [9.17, 15) is 18.0 Å². The Morgan fingerprint density at radius 2 is 1.93 bits per heavy atom. The average molecular weight is 461 g/mol. The molecule has 0 aliphatic heterocycles. The molecule has 30 heavy (non-hydrogen) atoms. The van der Waals surface area contributed by atoms with E-state index in [-0.39, 0.29) is 29.5 Å². The molecule has 3 N–H and O–H groups in total. The van der Waals surface area contributed by atoms with Crippen molar-refractivity contribution in [3.63, 3.8) is 0 Å². The van der Waals surface area contributed by atoms with Crippen LogP contribution in [0, 0.1) is 0 Å². The van der Waals surface area contributed by atoms with E-state index in [2.05, 4.69) is 10.3 Å². The van der Waals surface area contributed by atoms with Gasteiger partial charge in [0.2, 0.25) is 15.9 Å². The largest absolute Gasteiger partial charge is 0.350 e. The average Bonchev–Trinajstić information content (AvgIpc) is 3.38. The zero-order chi connectivity index (χ0) is 21.3. The first-order valence-electron chi connectivity index (χ1n) is 8.72. The van der Waals surface area contributed by atoms with Crippen LogP contribution in [0.5, 0.6) is 0 Å². The molecule has 8 nitrogen and oxygen atoms in total. The molecule has 3 heterocycles. The van der Waals surface area contributed by atoms with Gasteiger partial charge in [0.05, 0.1) is 16.6 Å². The number of nitrogens with zero attached hydrogens (tertiary/aromatic N) is 2. The molecular formula is C19H16N4O4S3. The fourth-order valence-electron chi connectivity index (χ4n) is 2.90. The quantitative estimate of drug-likeness (QED) is 0.456. The minimum Gasteiger partial charge on any atom is -0.350 e. The second kappa shape index (κ2) is 8.11. The number of nitrogens with two attached hydrogens (primary N) is 1. The summed E-state index contributed by atoms with van der Waals surface area (Å²) in [4.78, 5) is 31.2. The molecule has 154 valence electrons. The smallest absolute Gasteiger partial charge is 0.263 e. The summed E-state index contributed by atoms with van der Waals surface area (Å²) in [6.07, 6.45) is 1.37. The molecule has 0 aliphatic rings. The van der Waals surface area contributed by atoms with Crippen LogP contribution in [0.15, 0.2) is 63.2 Å². The van der Waals surface area contributed by atoms with Crippen LogP contribution in [-0.2, 0) is 27.9 Å². The summed E-state index contributed by atoms with van der Waals surface area (Å²) in [6, 6.07) is 9.75. The lowest BCUT2D eigenvalue weighted by Crippen LogP contribution is -2.32.